The Morgan fingerprint density at radius 1 is 1.19 bits per heavy atom. The smallest absolute Gasteiger partial charge is 0.338 e. The van der Waals surface area contributed by atoms with E-state index in [0.717, 1.165) is 24.9 Å². The predicted molar refractivity (Wildman–Crippen MR) is 82.1 cm³/mol. The number of ether oxygens (including phenoxy) is 1. The van der Waals surface area contributed by atoms with E-state index in [1.165, 1.54) is 0 Å². The van der Waals surface area contributed by atoms with E-state index in [-0.39, 0.29) is 23.9 Å². The van der Waals surface area contributed by atoms with Crippen LogP contribution >= 0.6 is 0 Å². The summed E-state index contributed by atoms with van der Waals surface area (Å²) in [6.07, 6.45) is 2.71. The summed E-state index contributed by atoms with van der Waals surface area (Å²) in [5.74, 6) is 0.415. The Balaban J connectivity index is 1.88. The fraction of sp³-hybridized carbons (Fsp3) is 0.529. The lowest BCUT2D eigenvalue weighted by molar-refractivity contribution is -0.117. The molecule has 1 fully saturated rings. The molecule has 4 heteroatoms. The van der Waals surface area contributed by atoms with Crippen LogP contribution in [0.2, 0.25) is 0 Å². The van der Waals surface area contributed by atoms with E-state index < -0.39 is 0 Å². The highest BCUT2D eigenvalue weighted by atomic mass is 16.5. The molecule has 21 heavy (non-hydrogen) atoms. The largest absolute Gasteiger partial charge is 0.459 e. The Hall–Kier alpha value is -1.84. The second-order valence-corrected chi connectivity index (χ2v) is 6.19. The van der Waals surface area contributed by atoms with Crippen LogP contribution in [-0.2, 0) is 9.53 Å². The molecule has 0 aliphatic heterocycles. The fourth-order valence-corrected chi connectivity index (χ4v) is 2.24. The summed E-state index contributed by atoms with van der Waals surface area (Å²) in [6.45, 7) is 6.10. The van der Waals surface area contributed by atoms with Gasteiger partial charge in [-0.15, -0.1) is 0 Å². The molecule has 1 saturated carbocycles. The summed E-state index contributed by atoms with van der Waals surface area (Å²) in [6, 6.07) is 6.86. The van der Waals surface area contributed by atoms with E-state index in [1.807, 2.05) is 6.92 Å². The average molecular weight is 289 g/mol. The molecule has 0 bridgehead atoms. The second-order valence-electron chi connectivity index (χ2n) is 6.19. The van der Waals surface area contributed by atoms with Crippen LogP contribution in [0.5, 0.6) is 0 Å². The molecule has 2 rings (SSSR count). The van der Waals surface area contributed by atoms with Gasteiger partial charge >= 0.3 is 5.97 Å². The van der Waals surface area contributed by atoms with E-state index in [4.69, 9.17) is 4.74 Å². The number of rotatable bonds is 6. The van der Waals surface area contributed by atoms with Crippen LogP contribution < -0.4 is 5.32 Å². The zero-order chi connectivity index (χ0) is 15.4. The van der Waals surface area contributed by atoms with Crippen LogP contribution in [0.15, 0.2) is 24.3 Å². The van der Waals surface area contributed by atoms with Gasteiger partial charge in [0.25, 0.3) is 0 Å². The third kappa shape index (κ3) is 4.88. The van der Waals surface area contributed by atoms with Gasteiger partial charge in [0.2, 0.25) is 5.91 Å². The van der Waals surface area contributed by atoms with Crippen LogP contribution in [0.3, 0.4) is 0 Å². The summed E-state index contributed by atoms with van der Waals surface area (Å²) in [4.78, 5) is 23.6. The Bertz CT molecular complexity index is 503. The maximum absolute atomic E-state index is 12.0. The molecule has 1 aromatic rings. The zero-order valence-corrected chi connectivity index (χ0v) is 12.9. The topological polar surface area (TPSA) is 55.4 Å². The molecule has 0 saturated heterocycles. The van der Waals surface area contributed by atoms with E-state index in [0.29, 0.717) is 11.5 Å². The van der Waals surface area contributed by atoms with E-state index in [2.05, 4.69) is 19.2 Å². The lowest BCUT2D eigenvalue weighted by Gasteiger charge is -2.15. The standard InChI is InChI=1S/C17H23NO3/c1-11(2)10-12(3)21-17(20)14-6-8-15(9-7-14)18-16(19)13-4-5-13/h6-9,11-13H,4-5,10H2,1-3H3,(H,18,19). The lowest BCUT2D eigenvalue weighted by atomic mass is 10.1. The van der Waals surface area contributed by atoms with Crippen molar-refractivity contribution in [2.24, 2.45) is 11.8 Å². The molecule has 1 N–H and O–H groups in total. The minimum Gasteiger partial charge on any atom is -0.459 e. The van der Waals surface area contributed by atoms with Crippen molar-refractivity contribution in [3.63, 3.8) is 0 Å². The number of anilines is 1. The molecule has 1 aliphatic carbocycles. The third-order valence-corrected chi connectivity index (χ3v) is 3.45. The van der Waals surface area contributed by atoms with E-state index in [1.54, 1.807) is 24.3 Å². The molecule has 1 unspecified atom stereocenters. The first-order chi connectivity index (χ1) is 9.95. The highest BCUT2D eigenvalue weighted by molar-refractivity contribution is 5.95. The van der Waals surface area contributed by atoms with Crippen molar-refractivity contribution >= 4 is 17.6 Å². The van der Waals surface area contributed by atoms with Crippen LogP contribution in [0.4, 0.5) is 5.69 Å². The van der Waals surface area contributed by atoms with Crippen molar-refractivity contribution in [2.45, 2.75) is 46.1 Å². The Kier molecular flexibility index (Phi) is 4.99. The van der Waals surface area contributed by atoms with Crippen molar-refractivity contribution in [3.05, 3.63) is 29.8 Å². The number of hydrogen-bond donors (Lipinski definition) is 1. The predicted octanol–water partition coefficient (Wildman–Crippen LogP) is 3.63. The Morgan fingerprint density at radius 2 is 1.81 bits per heavy atom. The molecule has 0 radical (unpaired) electrons. The highest BCUT2D eigenvalue weighted by Gasteiger charge is 2.29. The normalized spacial score (nSPS) is 15.6. The molecule has 0 spiro atoms. The van der Waals surface area contributed by atoms with Gasteiger partial charge < -0.3 is 10.1 Å². The molecular formula is C17H23NO3. The third-order valence-electron chi connectivity index (χ3n) is 3.45. The zero-order valence-electron chi connectivity index (χ0n) is 12.9. The van der Waals surface area contributed by atoms with Crippen molar-refractivity contribution in [2.75, 3.05) is 5.32 Å². The number of esters is 1. The fourth-order valence-electron chi connectivity index (χ4n) is 2.24. The van der Waals surface area contributed by atoms with E-state index >= 15 is 0 Å². The van der Waals surface area contributed by atoms with Crippen molar-refractivity contribution in [3.8, 4) is 0 Å². The summed E-state index contributed by atoms with van der Waals surface area (Å²) in [7, 11) is 0. The van der Waals surface area contributed by atoms with Gasteiger partial charge in [0.15, 0.2) is 0 Å². The minimum atomic E-state index is -0.316. The van der Waals surface area contributed by atoms with Gasteiger partial charge in [0.1, 0.15) is 0 Å². The molecule has 0 aromatic heterocycles. The highest BCUT2D eigenvalue weighted by Crippen LogP contribution is 2.30. The molecule has 1 amide bonds. The monoisotopic (exact) mass is 289 g/mol. The first-order valence-corrected chi connectivity index (χ1v) is 7.57. The molecular weight excluding hydrogens is 266 g/mol. The summed E-state index contributed by atoms with van der Waals surface area (Å²) in [5, 5.41) is 2.85. The minimum absolute atomic E-state index is 0.0656. The van der Waals surface area contributed by atoms with Crippen LogP contribution in [-0.4, -0.2) is 18.0 Å². The number of carbonyl (C=O) groups is 2. The van der Waals surface area contributed by atoms with E-state index in [9.17, 15) is 9.59 Å². The molecule has 114 valence electrons. The number of amides is 1. The van der Waals surface area contributed by atoms with Gasteiger partial charge in [-0.05, 0) is 56.4 Å². The first kappa shape index (κ1) is 15.5. The molecule has 4 nitrogen and oxygen atoms in total. The summed E-state index contributed by atoms with van der Waals surface area (Å²) in [5.41, 5.74) is 1.23. The van der Waals surface area contributed by atoms with Crippen molar-refractivity contribution in [1.82, 2.24) is 0 Å². The number of nitrogens with one attached hydrogen (secondary N) is 1. The lowest BCUT2D eigenvalue weighted by Crippen LogP contribution is -2.17. The van der Waals surface area contributed by atoms with Gasteiger partial charge in [-0.2, -0.15) is 0 Å². The average Bonchev–Trinajstić information content (AvgIpc) is 3.22. The van der Waals surface area contributed by atoms with Crippen LogP contribution in [0.1, 0.15) is 50.4 Å². The van der Waals surface area contributed by atoms with Gasteiger partial charge in [-0.25, -0.2) is 4.79 Å². The number of benzene rings is 1. The first-order valence-electron chi connectivity index (χ1n) is 7.57. The van der Waals surface area contributed by atoms with Crippen LogP contribution in [0.25, 0.3) is 0 Å². The Morgan fingerprint density at radius 3 is 2.33 bits per heavy atom. The van der Waals surface area contributed by atoms with Gasteiger partial charge in [-0.3, -0.25) is 4.79 Å². The summed E-state index contributed by atoms with van der Waals surface area (Å²) >= 11 is 0. The molecule has 1 aliphatic rings. The van der Waals surface area contributed by atoms with Crippen molar-refractivity contribution in [1.29, 1.82) is 0 Å². The quantitative estimate of drug-likeness (QED) is 0.814. The van der Waals surface area contributed by atoms with Gasteiger partial charge in [0, 0.05) is 11.6 Å². The maximum Gasteiger partial charge on any atom is 0.338 e. The SMILES string of the molecule is CC(C)CC(C)OC(=O)c1ccc(NC(=O)C2CC2)cc1. The molecule has 0 heterocycles. The number of carbonyl (C=O) groups excluding carboxylic acids is 2. The maximum atomic E-state index is 12.0. The summed E-state index contributed by atoms with van der Waals surface area (Å²) < 4.78 is 5.39. The van der Waals surface area contributed by atoms with Gasteiger partial charge in [0.05, 0.1) is 11.7 Å². The second kappa shape index (κ2) is 6.74. The molecule has 1 atom stereocenters. The molecule has 1 aromatic carbocycles. The Labute approximate surface area is 125 Å². The number of hydrogen-bond acceptors (Lipinski definition) is 3. The van der Waals surface area contributed by atoms with Gasteiger partial charge in [-0.1, -0.05) is 13.8 Å². The van der Waals surface area contributed by atoms with Crippen molar-refractivity contribution < 1.29 is 14.3 Å². The van der Waals surface area contributed by atoms with Crippen LogP contribution in [0, 0.1) is 11.8 Å².